The molecule has 0 aliphatic rings. The van der Waals surface area contributed by atoms with E-state index in [0.717, 1.165) is 0 Å². The fourth-order valence-electron chi connectivity index (χ4n) is 0.204. The van der Waals surface area contributed by atoms with E-state index in [0.29, 0.717) is 26.2 Å². The second-order valence-electron chi connectivity index (χ2n) is 1.51. The summed E-state index contributed by atoms with van der Waals surface area (Å²) in [5.41, 5.74) is 12.6. The van der Waals surface area contributed by atoms with Gasteiger partial charge in [0.15, 0.2) is 0 Å². The van der Waals surface area contributed by atoms with Crippen LogP contribution in [0, 0.1) is 20.6 Å². The number of nitrogens with two attached hydrogens (primary N) is 1. The van der Waals surface area contributed by atoms with E-state index in [1.807, 2.05) is 0 Å². The van der Waals surface area contributed by atoms with Crippen LogP contribution in [0.25, 0.3) is 20.1 Å². The molecular formula is C7H13N6Pd-. The predicted molar refractivity (Wildman–Crippen MR) is 52.4 cm³/mol. The van der Waals surface area contributed by atoms with Gasteiger partial charge >= 0.3 is 0 Å². The molecule has 14 heavy (non-hydrogen) atoms. The van der Waals surface area contributed by atoms with Gasteiger partial charge in [0.2, 0.25) is 13.1 Å². The molecule has 0 bridgehead atoms. The minimum Gasteiger partial charge on any atom is -0.358 e. The van der Waals surface area contributed by atoms with Crippen LogP contribution < -0.4 is 5.73 Å². The van der Waals surface area contributed by atoms with Crippen molar-refractivity contribution in [2.24, 2.45) is 10.8 Å². The number of nitrogens with zero attached hydrogens (tertiary/aromatic N) is 5. The molecule has 0 amide bonds. The summed E-state index contributed by atoms with van der Waals surface area (Å²) in [6.45, 7) is 13.9. The van der Waals surface area contributed by atoms with Crippen molar-refractivity contribution in [1.82, 2.24) is 0 Å². The smallest absolute Gasteiger partial charge is 0.226 e. The zero-order valence-corrected chi connectivity index (χ0v) is 9.51. The van der Waals surface area contributed by atoms with Gasteiger partial charge in [0.25, 0.3) is 0 Å². The quantitative estimate of drug-likeness (QED) is 0.209. The van der Waals surface area contributed by atoms with Gasteiger partial charge in [0.1, 0.15) is 0 Å². The summed E-state index contributed by atoms with van der Waals surface area (Å²) in [4.78, 5) is 8.39. The monoisotopic (exact) mass is 287 g/mol. The van der Waals surface area contributed by atoms with E-state index >= 15 is 0 Å². The molecule has 6 nitrogen and oxygen atoms in total. The van der Waals surface area contributed by atoms with Gasteiger partial charge in [-0.1, -0.05) is 5.11 Å². The molecule has 0 atom stereocenters. The molecule has 82 valence electrons. The Morgan fingerprint density at radius 2 is 1.71 bits per heavy atom. The molecule has 0 aliphatic carbocycles. The maximum atomic E-state index is 7.65. The van der Waals surface area contributed by atoms with Crippen molar-refractivity contribution >= 4 is 0 Å². The van der Waals surface area contributed by atoms with Gasteiger partial charge in [-0.2, -0.15) is 0 Å². The van der Waals surface area contributed by atoms with Crippen LogP contribution in [0.3, 0.4) is 0 Å². The SMILES string of the molecule is [C-]#[N+]CCN.[C-]#[N+]CCN=[N+]=[N-].[CH3-].[Pd]. The van der Waals surface area contributed by atoms with Gasteiger partial charge in [-0.25, -0.2) is 13.1 Å². The third-order valence-corrected chi connectivity index (χ3v) is 0.616. The molecule has 0 aromatic carbocycles. The molecule has 0 aliphatic heterocycles. The molecule has 0 saturated heterocycles. The molecule has 2 N–H and O–H groups in total. The van der Waals surface area contributed by atoms with Gasteiger partial charge in [-0.05, 0) is 5.53 Å². The minimum absolute atomic E-state index is 0. The Kier molecular flexibility index (Phi) is 48.9. The van der Waals surface area contributed by atoms with Crippen LogP contribution in [0.1, 0.15) is 0 Å². The van der Waals surface area contributed by atoms with Crippen molar-refractivity contribution in [3.63, 3.8) is 0 Å². The van der Waals surface area contributed by atoms with Gasteiger partial charge in [0.05, 0.1) is 13.1 Å². The van der Waals surface area contributed by atoms with Crippen LogP contribution in [0.5, 0.6) is 0 Å². The predicted octanol–water partition coefficient (Wildman–Crippen LogP) is 1.53. The maximum absolute atomic E-state index is 7.65. The molecule has 7 heteroatoms. The first-order valence-electron chi connectivity index (χ1n) is 3.20. The molecule has 0 unspecified atom stereocenters. The van der Waals surface area contributed by atoms with Crippen LogP contribution in [-0.2, 0) is 20.4 Å². The van der Waals surface area contributed by atoms with Crippen molar-refractivity contribution in [2.45, 2.75) is 0 Å². The minimum atomic E-state index is 0. The summed E-state index contributed by atoms with van der Waals surface area (Å²) < 4.78 is 0. The van der Waals surface area contributed by atoms with Crippen molar-refractivity contribution in [1.29, 1.82) is 0 Å². The van der Waals surface area contributed by atoms with Gasteiger partial charge in [-0.3, -0.25) is 0 Å². The maximum Gasteiger partial charge on any atom is 0.226 e. The zero-order chi connectivity index (χ0) is 9.66. The second-order valence-corrected chi connectivity index (χ2v) is 1.51. The third kappa shape index (κ3) is 44.4. The molecule has 0 fully saturated rings. The first-order valence-corrected chi connectivity index (χ1v) is 3.20. The summed E-state index contributed by atoms with van der Waals surface area (Å²) in [6.07, 6.45) is 0. The summed E-state index contributed by atoms with van der Waals surface area (Å²) in [7, 11) is 0. The number of azide groups is 1. The third-order valence-electron chi connectivity index (χ3n) is 0.616. The van der Waals surface area contributed by atoms with E-state index < -0.39 is 0 Å². The van der Waals surface area contributed by atoms with Gasteiger partial charge in [-0.15, -0.1) is 0 Å². The molecule has 0 heterocycles. The van der Waals surface area contributed by atoms with Crippen LogP contribution in [0.2, 0.25) is 0 Å². The Labute approximate surface area is 98.4 Å². The number of rotatable bonds is 3. The summed E-state index contributed by atoms with van der Waals surface area (Å²) >= 11 is 0. The van der Waals surface area contributed by atoms with E-state index in [4.69, 9.17) is 24.4 Å². The fourth-order valence-corrected chi connectivity index (χ4v) is 0.204. The zero-order valence-electron chi connectivity index (χ0n) is 7.96. The molecule has 0 aromatic rings. The first-order chi connectivity index (χ1) is 5.83. The average molecular weight is 288 g/mol. The molecule has 0 saturated carbocycles. The van der Waals surface area contributed by atoms with Gasteiger partial charge < -0.3 is 22.9 Å². The largest absolute Gasteiger partial charge is 0.358 e. The topological polar surface area (TPSA) is 83.5 Å². The van der Waals surface area contributed by atoms with Crippen molar-refractivity contribution in [2.75, 3.05) is 26.2 Å². The van der Waals surface area contributed by atoms with E-state index in [1.54, 1.807) is 0 Å². The van der Waals surface area contributed by atoms with Crippen LogP contribution in [0.4, 0.5) is 0 Å². The average Bonchev–Trinajstić information content (AvgIpc) is 2.08. The Morgan fingerprint density at radius 1 is 1.21 bits per heavy atom. The Hall–Kier alpha value is -1.09. The fraction of sp³-hybridized carbons (Fsp3) is 0.571. The van der Waals surface area contributed by atoms with Crippen molar-refractivity contribution in [3.8, 4) is 0 Å². The first kappa shape index (κ1) is 23.1. The van der Waals surface area contributed by atoms with Crippen LogP contribution >= 0.6 is 0 Å². The molecule has 0 spiro atoms. The second kappa shape index (κ2) is 29.7. The molecule has 0 radical (unpaired) electrons. The van der Waals surface area contributed by atoms with E-state index in [9.17, 15) is 0 Å². The summed E-state index contributed by atoms with van der Waals surface area (Å²) in [5, 5.41) is 3.13. The van der Waals surface area contributed by atoms with E-state index in [2.05, 4.69) is 19.7 Å². The number of hydrogen-bond donors (Lipinski definition) is 1. The molecule has 0 rings (SSSR count). The van der Waals surface area contributed by atoms with Crippen LogP contribution in [-0.4, -0.2) is 26.2 Å². The number of hydrogen-bond acceptors (Lipinski definition) is 2. The summed E-state index contributed by atoms with van der Waals surface area (Å²) in [6, 6.07) is 0. The van der Waals surface area contributed by atoms with E-state index in [1.165, 1.54) is 0 Å². The Morgan fingerprint density at radius 3 is 1.93 bits per heavy atom. The van der Waals surface area contributed by atoms with Gasteiger partial charge in [0, 0.05) is 25.3 Å². The summed E-state index contributed by atoms with van der Waals surface area (Å²) in [5.74, 6) is 0. The molecule has 0 aromatic heterocycles. The molecular weight excluding hydrogens is 275 g/mol. The Bertz CT molecular complexity index is 209. The Balaban J connectivity index is -0.0000000651. The van der Waals surface area contributed by atoms with E-state index in [-0.39, 0.29) is 27.8 Å². The van der Waals surface area contributed by atoms with Crippen molar-refractivity contribution in [3.05, 3.63) is 40.7 Å². The van der Waals surface area contributed by atoms with Crippen LogP contribution in [0.15, 0.2) is 5.11 Å². The standard InChI is InChI=1S/C3H4N4.C3H6N2.CH3.Pd/c1-5-2-3-6-7-4;1-5-3-2-4;;/h2-3H2;2-4H2;1H3;/q;;-1;. The van der Waals surface area contributed by atoms with Crippen molar-refractivity contribution < 1.29 is 20.4 Å². The normalized spacial score (nSPS) is 5.36.